The number of nitrogens with zero attached hydrogens (tertiary/aromatic N) is 1. The maximum atomic E-state index is 12.9. The molecule has 8 nitrogen and oxygen atoms in total. The molecule has 1 atom stereocenters. The second-order valence-corrected chi connectivity index (χ2v) is 9.65. The van der Waals surface area contributed by atoms with Crippen molar-refractivity contribution in [3.63, 3.8) is 0 Å². The molecule has 3 N–H and O–H groups in total. The number of rotatable bonds is 7. The molecule has 34 heavy (non-hydrogen) atoms. The summed E-state index contributed by atoms with van der Waals surface area (Å²) in [6.45, 7) is 5.71. The van der Waals surface area contributed by atoms with Crippen LogP contribution in [0.5, 0.6) is 0 Å². The Bertz CT molecular complexity index is 895. The predicted molar refractivity (Wildman–Crippen MR) is 121 cm³/mol. The van der Waals surface area contributed by atoms with Gasteiger partial charge in [-0.05, 0) is 52.7 Å². The quantitative estimate of drug-likeness (QED) is 0.515. The molecule has 0 saturated heterocycles. The third-order valence-electron chi connectivity index (χ3n) is 5.47. The number of benzene rings is 1. The lowest BCUT2D eigenvalue weighted by molar-refractivity contribution is -0.177. The van der Waals surface area contributed by atoms with Gasteiger partial charge in [0.2, 0.25) is 0 Å². The van der Waals surface area contributed by atoms with Gasteiger partial charge in [-0.15, -0.1) is 0 Å². The number of anilines is 2. The van der Waals surface area contributed by atoms with Crippen LogP contribution >= 0.6 is 0 Å². The maximum absolute atomic E-state index is 12.9. The number of hydrogen-bond donors (Lipinski definition) is 3. The number of carbonyl (C=O) groups excluding carboxylic acids is 2. The number of alkyl halides is 3. The van der Waals surface area contributed by atoms with Crippen molar-refractivity contribution in [1.29, 1.82) is 0 Å². The van der Waals surface area contributed by atoms with Crippen molar-refractivity contribution in [2.75, 3.05) is 16.8 Å². The molecule has 0 radical (unpaired) electrons. The van der Waals surface area contributed by atoms with E-state index in [1.54, 1.807) is 55.3 Å². The third kappa shape index (κ3) is 7.53. The van der Waals surface area contributed by atoms with E-state index in [-0.39, 0.29) is 6.04 Å². The zero-order valence-corrected chi connectivity index (χ0v) is 19.8. The van der Waals surface area contributed by atoms with E-state index in [1.165, 1.54) is 0 Å². The van der Waals surface area contributed by atoms with Crippen LogP contribution in [0.3, 0.4) is 0 Å². The minimum Gasteiger partial charge on any atom is -0.479 e. The third-order valence-corrected chi connectivity index (χ3v) is 5.47. The normalized spacial score (nSPS) is 16.8. The fraction of sp³-hybridized carbons (Fsp3) is 0.609. The van der Waals surface area contributed by atoms with Crippen molar-refractivity contribution in [3.05, 3.63) is 24.3 Å². The van der Waals surface area contributed by atoms with Crippen LogP contribution in [-0.4, -0.2) is 53.0 Å². The number of carbonyl (C=O) groups is 3. The van der Waals surface area contributed by atoms with Crippen molar-refractivity contribution >= 4 is 29.3 Å². The molecule has 0 spiro atoms. The molecule has 1 fully saturated rings. The molecule has 2 rings (SSSR count). The molecular formula is C23H32F3N3O5. The van der Waals surface area contributed by atoms with Crippen molar-refractivity contribution < 1.29 is 37.4 Å². The highest BCUT2D eigenvalue weighted by Gasteiger charge is 2.47. The van der Waals surface area contributed by atoms with E-state index in [2.05, 4.69) is 5.32 Å². The number of nitrogens with one attached hydrogen (secondary N) is 2. The lowest BCUT2D eigenvalue weighted by Gasteiger charge is -2.41. The molecule has 1 saturated carbocycles. The minimum absolute atomic E-state index is 0.197. The van der Waals surface area contributed by atoms with E-state index in [0.29, 0.717) is 24.2 Å². The Morgan fingerprint density at radius 3 is 2.18 bits per heavy atom. The maximum Gasteiger partial charge on any atom is 0.471 e. The van der Waals surface area contributed by atoms with Crippen LogP contribution in [0.15, 0.2) is 24.3 Å². The van der Waals surface area contributed by atoms with Crippen LogP contribution in [0, 0.1) is 0 Å². The SMILES string of the molecule is CC(C)(C)OC(=O)Nc1ccccc1N(C[C@@](C)(NC(=O)C(F)(F)F)C(=O)O)C1CCCCC1. The fourth-order valence-electron chi connectivity index (χ4n) is 3.87. The van der Waals surface area contributed by atoms with Gasteiger partial charge in [0.1, 0.15) is 5.60 Å². The smallest absolute Gasteiger partial charge is 0.471 e. The molecule has 1 aliphatic carbocycles. The number of carboxylic acids is 1. The van der Waals surface area contributed by atoms with E-state index in [9.17, 15) is 32.7 Å². The van der Waals surface area contributed by atoms with Gasteiger partial charge < -0.3 is 20.1 Å². The molecule has 0 bridgehead atoms. The highest BCUT2D eigenvalue weighted by molar-refractivity contribution is 5.92. The lowest BCUT2D eigenvalue weighted by atomic mass is 9.91. The summed E-state index contributed by atoms with van der Waals surface area (Å²) in [7, 11) is 0. The topological polar surface area (TPSA) is 108 Å². The van der Waals surface area contributed by atoms with Crippen LogP contribution < -0.4 is 15.5 Å². The summed E-state index contributed by atoms with van der Waals surface area (Å²) in [6.07, 6.45) is -1.88. The van der Waals surface area contributed by atoms with Crippen LogP contribution in [-0.2, 0) is 14.3 Å². The van der Waals surface area contributed by atoms with Crippen LogP contribution in [0.25, 0.3) is 0 Å². The number of hydrogen-bond acceptors (Lipinski definition) is 5. The molecule has 190 valence electrons. The van der Waals surface area contributed by atoms with Crippen molar-refractivity contribution in [2.24, 2.45) is 0 Å². The lowest BCUT2D eigenvalue weighted by Crippen LogP contribution is -2.62. The summed E-state index contributed by atoms with van der Waals surface area (Å²) >= 11 is 0. The summed E-state index contributed by atoms with van der Waals surface area (Å²) in [5.74, 6) is -3.94. The zero-order valence-electron chi connectivity index (χ0n) is 19.8. The van der Waals surface area contributed by atoms with Crippen molar-refractivity contribution in [1.82, 2.24) is 5.32 Å². The summed E-state index contributed by atoms with van der Waals surface area (Å²) in [6, 6.07) is 6.39. The molecular weight excluding hydrogens is 455 g/mol. The van der Waals surface area contributed by atoms with E-state index in [0.717, 1.165) is 26.2 Å². The molecule has 0 heterocycles. The Labute approximate surface area is 196 Å². The van der Waals surface area contributed by atoms with Gasteiger partial charge in [-0.1, -0.05) is 31.4 Å². The number of ether oxygens (including phenoxy) is 1. The van der Waals surface area contributed by atoms with Gasteiger partial charge in [0.25, 0.3) is 0 Å². The first kappa shape index (κ1) is 27.3. The first-order valence-corrected chi connectivity index (χ1v) is 11.1. The highest BCUT2D eigenvalue weighted by atomic mass is 19.4. The van der Waals surface area contributed by atoms with Gasteiger partial charge in [-0.3, -0.25) is 10.1 Å². The van der Waals surface area contributed by atoms with Gasteiger partial charge in [0.15, 0.2) is 5.54 Å². The largest absolute Gasteiger partial charge is 0.479 e. The van der Waals surface area contributed by atoms with Gasteiger partial charge >= 0.3 is 24.1 Å². The summed E-state index contributed by atoms with van der Waals surface area (Å²) in [5, 5.41) is 14.1. The van der Waals surface area contributed by atoms with Gasteiger partial charge in [-0.2, -0.15) is 13.2 Å². The average Bonchev–Trinajstić information content (AvgIpc) is 2.71. The Hall–Kier alpha value is -2.98. The van der Waals surface area contributed by atoms with Gasteiger partial charge in [0.05, 0.1) is 17.9 Å². The first-order valence-electron chi connectivity index (χ1n) is 11.1. The van der Waals surface area contributed by atoms with Crippen LogP contribution in [0.1, 0.15) is 59.8 Å². The molecule has 11 heteroatoms. The second-order valence-electron chi connectivity index (χ2n) is 9.65. The van der Waals surface area contributed by atoms with Crippen LogP contribution in [0.4, 0.5) is 29.3 Å². The molecule has 2 amide bonds. The van der Waals surface area contributed by atoms with Crippen molar-refractivity contribution in [2.45, 2.75) is 83.2 Å². The van der Waals surface area contributed by atoms with Crippen LogP contribution in [0.2, 0.25) is 0 Å². The standard InChI is InChI=1S/C23H32F3N3O5/c1-21(2,3)34-20(33)27-16-12-8-9-13-17(16)29(15-10-6-5-7-11-15)14-22(4,19(31)32)28-18(30)23(24,25)26/h8-9,12-13,15H,5-7,10-11,14H2,1-4H3,(H,27,33)(H,28,30)(H,31,32)/t22-/m1/s1. The van der Waals surface area contributed by atoms with Crippen molar-refractivity contribution in [3.8, 4) is 0 Å². The summed E-state index contributed by atoms with van der Waals surface area (Å²) in [5.41, 5.74) is -2.26. The number of carboxylic acid groups (broad SMARTS) is 1. The Balaban J connectivity index is 2.45. The zero-order chi connectivity index (χ0) is 25.7. The van der Waals surface area contributed by atoms with E-state index in [4.69, 9.17) is 4.74 Å². The average molecular weight is 488 g/mol. The van der Waals surface area contributed by atoms with E-state index in [1.807, 2.05) is 0 Å². The first-order chi connectivity index (χ1) is 15.6. The number of para-hydroxylation sites is 2. The molecule has 1 aliphatic rings. The van der Waals surface area contributed by atoms with Gasteiger partial charge in [0, 0.05) is 6.04 Å². The fourth-order valence-corrected chi connectivity index (χ4v) is 3.87. The monoisotopic (exact) mass is 487 g/mol. The number of halogens is 3. The Morgan fingerprint density at radius 1 is 1.06 bits per heavy atom. The molecule has 0 aliphatic heterocycles. The van der Waals surface area contributed by atoms with Gasteiger partial charge in [-0.25, -0.2) is 9.59 Å². The summed E-state index contributed by atoms with van der Waals surface area (Å²) < 4.78 is 44.1. The molecule has 1 aromatic carbocycles. The molecule has 0 aromatic heterocycles. The van der Waals surface area contributed by atoms with E-state index < -0.39 is 41.8 Å². The Morgan fingerprint density at radius 2 is 1.65 bits per heavy atom. The predicted octanol–water partition coefficient (Wildman–Crippen LogP) is 4.69. The number of amides is 2. The molecule has 0 unspecified atom stereocenters. The minimum atomic E-state index is -5.23. The second kappa shape index (κ2) is 10.5. The highest BCUT2D eigenvalue weighted by Crippen LogP contribution is 2.34. The Kier molecular flexibility index (Phi) is 8.44. The number of aliphatic carboxylic acids is 1. The molecule has 1 aromatic rings. The van der Waals surface area contributed by atoms with E-state index >= 15 is 0 Å². The summed E-state index contributed by atoms with van der Waals surface area (Å²) in [4.78, 5) is 37.8.